The van der Waals surface area contributed by atoms with Crippen LogP contribution in [-0.4, -0.2) is 151 Å². The normalized spacial score (nSPS) is 23.8. The van der Waals surface area contributed by atoms with Crippen LogP contribution in [0.3, 0.4) is 0 Å². The summed E-state index contributed by atoms with van der Waals surface area (Å²) in [4.78, 5) is 0. The third-order valence-corrected chi connectivity index (χ3v) is 6.27. The van der Waals surface area contributed by atoms with E-state index in [1.165, 1.54) is 0 Å². The number of hydrogen-bond acceptors (Lipinski definition) is 12. The van der Waals surface area contributed by atoms with Crippen LogP contribution in [0.5, 0.6) is 0 Å². The maximum Gasteiger partial charge on any atom is 0.157 e. The summed E-state index contributed by atoms with van der Waals surface area (Å²) >= 11 is 0. The number of unbranched alkanes of at least 4 members (excludes halogenated alkanes) is 1. The van der Waals surface area contributed by atoms with Crippen molar-refractivity contribution in [1.29, 1.82) is 0 Å². The molecule has 2 saturated heterocycles. The Labute approximate surface area is 246 Å². The van der Waals surface area contributed by atoms with E-state index in [2.05, 4.69) is 6.92 Å². The van der Waals surface area contributed by atoms with Gasteiger partial charge >= 0.3 is 0 Å². The zero-order chi connectivity index (χ0) is 28.9. The van der Waals surface area contributed by atoms with E-state index < -0.39 is 5.60 Å². The molecule has 0 aromatic rings. The molecule has 2 rings (SSSR count). The first-order valence-corrected chi connectivity index (χ1v) is 15.4. The van der Waals surface area contributed by atoms with Crippen molar-refractivity contribution < 1.29 is 56.8 Å². The van der Waals surface area contributed by atoms with E-state index in [0.29, 0.717) is 132 Å². The van der Waals surface area contributed by atoms with Crippen molar-refractivity contribution in [1.82, 2.24) is 0 Å². The van der Waals surface area contributed by atoms with Crippen LogP contribution in [0.2, 0.25) is 0 Å². The summed E-state index contributed by atoms with van der Waals surface area (Å²) in [6.07, 6.45) is 5.10. The molecule has 0 bridgehead atoms. The van der Waals surface area contributed by atoms with Crippen LogP contribution >= 0.6 is 0 Å². The summed E-state index contributed by atoms with van der Waals surface area (Å²) in [7, 11) is 0. The van der Waals surface area contributed by atoms with Crippen LogP contribution in [0.1, 0.15) is 39.0 Å². The fraction of sp³-hybridized carbons (Fsp3) is 1.00. The van der Waals surface area contributed by atoms with Crippen molar-refractivity contribution in [2.24, 2.45) is 0 Å². The van der Waals surface area contributed by atoms with Crippen LogP contribution in [0, 0.1) is 0 Å². The van der Waals surface area contributed by atoms with Crippen LogP contribution in [-0.2, 0) is 56.8 Å². The number of rotatable bonds is 13. The summed E-state index contributed by atoms with van der Waals surface area (Å²) in [5, 5.41) is 0. The quantitative estimate of drug-likeness (QED) is 0.291. The number of ether oxygens (including phenoxy) is 12. The fourth-order valence-electron chi connectivity index (χ4n) is 3.99. The van der Waals surface area contributed by atoms with Gasteiger partial charge in [-0.15, -0.1) is 0 Å². The minimum Gasteiger partial charge on any atom is -0.378 e. The minimum absolute atomic E-state index is 0.112. The van der Waals surface area contributed by atoms with Crippen LogP contribution in [0.25, 0.3) is 0 Å². The van der Waals surface area contributed by atoms with Crippen LogP contribution < -0.4 is 0 Å². The molecule has 2 aliphatic rings. The average molecular weight is 597 g/mol. The van der Waals surface area contributed by atoms with Crippen molar-refractivity contribution >= 4 is 0 Å². The minimum atomic E-state index is -0.785. The van der Waals surface area contributed by atoms with Gasteiger partial charge in [-0.25, -0.2) is 0 Å². The van der Waals surface area contributed by atoms with Crippen molar-refractivity contribution in [3.05, 3.63) is 0 Å². The van der Waals surface area contributed by atoms with Gasteiger partial charge in [-0.2, -0.15) is 0 Å². The van der Waals surface area contributed by atoms with Gasteiger partial charge in [0.2, 0.25) is 0 Å². The molecule has 12 nitrogen and oxygen atoms in total. The monoisotopic (exact) mass is 596 g/mol. The Balaban J connectivity index is 1.79. The highest BCUT2D eigenvalue weighted by Gasteiger charge is 2.33. The summed E-state index contributed by atoms with van der Waals surface area (Å²) in [5.41, 5.74) is -0.785. The highest BCUT2D eigenvalue weighted by Crippen LogP contribution is 2.16. The Kier molecular flexibility index (Phi) is 24.3. The van der Waals surface area contributed by atoms with Crippen molar-refractivity contribution in [3.8, 4) is 0 Å². The fourth-order valence-corrected chi connectivity index (χ4v) is 3.99. The second-order valence-electron chi connectivity index (χ2n) is 9.88. The summed E-state index contributed by atoms with van der Waals surface area (Å²) in [6, 6.07) is 0. The molecule has 0 saturated carbocycles. The van der Waals surface area contributed by atoms with Gasteiger partial charge in [0, 0.05) is 13.2 Å². The molecule has 0 aromatic carbocycles. The highest BCUT2D eigenvalue weighted by molar-refractivity contribution is 4.81. The zero-order valence-electron chi connectivity index (χ0n) is 25.4. The highest BCUT2D eigenvalue weighted by atomic mass is 16.7. The lowest BCUT2D eigenvalue weighted by Gasteiger charge is -2.33. The molecule has 0 aliphatic carbocycles. The molecular weight excluding hydrogens is 540 g/mol. The first-order valence-electron chi connectivity index (χ1n) is 15.4. The standard InChI is InChI=1S/C29H56O12/c1-2-3-7-36-25-29(41-24-22-35-21-23-40-28-6-4-5-8-39-28)26-37-19-17-33-15-13-31-11-9-30-10-12-32-14-16-34-18-20-38-27-29/h28H,2-27H2,1H3. The van der Waals surface area contributed by atoms with Gasteiger partial charge in [0.15, 0.2) is 6.29 Å². The van der Waals surface area contributed by atoms with Crippen LogP contribution in [0.15, 0.2) is 0 Å². The molecule has 41 heavy (non-hydrogen) atoms. The van der Waals surface area contributed by atoms with Crippen molar-refractivity contribution in [2.45, 2.75) is 50.9 Å². The predicted octanol–water partition coefficient (Wildman–Crippen LogP) is 2.25. The summed E-state index contributed by atoms with van der Waals surface area (Å²) < 4.78 is 69.2. The topological polar surface area (TPSA) is 111 Å². The molecule has 2 fully saturated rings. The third-order valence-electron chi connectivity index (χ3n) is 6.27. The van der Waals surface area contributed by atoms with E-state index in [4.69, 9.17) is 56.8 Å². The molecule has 1 atom stereocenters. The summed E-state index contributed by atoms with van der Waals surface area (Å²) in [6.45, 7) is 12.1. The average Bonchev–Trinajstić information content (AvgIpc) is 2.99. The molecule has 0 spiro atoms. The maximum absolute atomic E-state index is 6.35. The van der Waals surface area contributed by atoms with E-state index in [1.807, 2.05) is 0 Å². The van der Waals surface area contributed by atoms with Crippen molar-refractivity contribution in [2.75, 3.05) is 139 Å². The molecule has 0 aromatic heterocycles. The molecule has 0 amide bonds. The largest absolute Gasteiger partial charge is 0.378 e. The molecule has 0 radical (unpaired) electrons. The lowest BCUT2D eigenvalue weighted by atomic mass is 10.1. The first kappa shape index (κ1) is 36.7. The van der Waals surface area contributed by atoms with Gasteiger partial charge in [0.05, 0.1) is 126 Å². The first-order chi connectivity index (χ1) is 20.3. The molecule has 1 unspecified atom stereocenters. The Bertz CT molecular complexity index is 528. The summed E-state index contributed by atoms with van der Waals surface area (Å²) in [5.74, 6) is 0. The lowest BCUT2D eigenvalue weighted by molar-refractivity contribution is -0.182. The lowest BCUT2D eigenvalue weighted by Crippen LogP contribution is -2.48. The third kappa shape index (κ3) is 21.0. The Morgan fingerprint density at radius 1 is 0.561 bits per heavy atom. The van der Waals surface area contributed by atoms with Gasteiger partial charge in [-0.1, -0.05) is 13.3 Å². The van der Waals surface area contributed by atoms with Gasteiger partial charge in [-0.05, 0) is 25.7 Å². The maximum atomic E-state index is 6.35. The molecule has 244 valence electrons. The molecule has 2 heterocycles. The van der Waals surface area contributed by atoms with Gasteiger partial charge in [-0.3, -0.25) is 0 Å². The smallest absolute Gasteiger partial charge is 0.157 e. The van der Waals surface area contributed by atoms with E-state index in [-0.39, 0.29) is 6.29 Å². The van der Waals surface area contributed by atoms with E-state index in [1.54, 1.807) is 0 Å². The number of hydrogen-bond donors (Lipinski definition) is 0. The molecule has 12 heteroatoms. The Morgan fingerprint density at radius 3 is 1.61 bits per heavy atom. The SMILES string of the molecule is CCCCOCC1(OCCOCCOC2CCCCO2)COCCOCCOCCOCCOCCOCCOC1. The van der Waals surface area contributed by atoms with E-state index in [0.717, 1.165) is 38.7 Å². The Hall–Kier alpha value is -0.480. The molecule has 2 aliphatic heterocycles. The van der Waals surface area contributed by atoms with Gasteiger partial charge in [0.25, 0.3) is 0 Å². The van der Waals surface area contributed by atoms with E-state index in [9.17, 15) is 0 Å². The van der Waals surface area contributed by atoms with Crippen LogP contribution in [0.4, 0.5) is 0 Å². The van der Waals surface area contributed by atoms with Crippen molar-refractivity contribution in [3.63, 3.8) is 0 Å². The Morgan fingerprint density at radius 2 is 1.10 bits per heavy atom. The molecular formula is C29H56O12. The predicted molar refractivity (Wildman–Crippen MR) is 151 cm³/mol. The van der Waals surface area contributed by atoms with Gasteiger partial charge in [0.1, 0.15) is 5.60 Å². The second-order valence-corrected chi connectivity index (χ2v) is 9.88. The second kappa shape index (κ2) is 27.1. The van der Waals surface area contributed by atoms with E-state index >= 15 is 0 Å². The van der Waals surface area contributed by atoms with Gasteiger partial charge < -0.3 is 56.8 Å². The zero-order valence-corrected chi connectivity index (χ0v) is 25.4. The molecule has 0 N–H and O–H groups in total.